The van der Waals surface area contributed by atoms with E-state index < -0.39 is 0 Å². The molecule has 2 rings (SSSR count). The van der Waals surface area contributed by atoms with Gasteiger partial charge in [0.2, 0.25) is 0 Å². The third kappa shape index (κ3) is 4.71. The summed E-state index contributed by atoms with van der Waals surface area (Å²) in [6.45, 7) is 6.82. The van der Waals surface area contributed by atoms with Crippen LogP contribution in [-0.2, 0) is 4.74 Å². The fourth-order valence-corrected chi connectivity index (χ4v) is 3.44. The molecule has 0 aliphatic carbocycles. The molecule has 2 aliphatic heterocycles. The van der Waals surface area contributed by atoms with Crippen LogP contribution in [0, 0.1) is 11.8 Å². The molecule has 2 unspecified atom stereocenters. The lowest BCUT2D eigenvalue weighted by Crippen LogP contribution is -2.45. The second-order valence-corrected chi connectivity index (χ2v) is 6.49. The normalized spacial score (nSPS) is 28.1. The van der Waals surface area contributed by atoms with E-state index in [9.17, 15) is 0 Å². The fraction of sp³-hybridized carbons (Fsp3) is 1.00. The van der Waals surface area contributed by atoms with Crippen LogP contribution in [0.1, 0.15) is 19.3 Å². The number of piperidine rings is 1. The Labute approximate surface area is 118 Å². The van der Waals surface area contributed by atoms with Gasteiger partial charge in [-0.1, -0.05) is 0 Å². The number of nitrogens with zero attached hydrogens (tertiary/aromatic N) is 2. The number of ether oxygens (including phenoxy) is 1. The molecule has 0 bridgehead atoms. The molecule has 19 heavy (non-hydrogen) atoms. The van der Waals surface area contributed by atoms with Gasteiger partial charge in [-0.25, -0.2) is 0 Å². The van der Waals surface area contributed by atoms with E-state index >= 15 is 0 Å². The third-order valence-electron chi connectivity index (χ3n) is 4.82. The number of rotatable bonds is 6. The zero-order chi connectivity index (χ0) is 13.7. The highest BCUT2D eigenvalue weighted by molar-refractivity contribution is 4.82. The molecule has 2 saturated heterocycles. The maximum Gasteiger partial charge on any atom is 0.0510 e. The molecule has 0 aromatic heterocycles. The maximum absolute atomic E-state index is 5.52. The van der Waals surface area contributed by atoms with Gasteiger partial charge < -0.3 is 19.9 Å². The van der Waals surface area contributed by atoms with E-state index in [1.807, 2.05) is 0 Å². The van der Waals surface area contributed by atoms with Crippen LogP contribution < -0.4 is 5.32 Å². The first-order valence-corrected chi connectivity index (χ1v) is 7.81. The maximum atomic E-state index is 5.52. The fourth-order valence-electron chi connectivity index (χ4n) is 3.44. The lowest BCUT2D eigenvalue weighted by molar-refractivity contribution is 0.149. The van der Waals surface area contributed by atoms with Gasteiger partial charge in [-0.2, -0.15) is 0 Å². The van der Waals surface area contributed by atoms with Crippen molar-refractivity contribution >= 4 is 0 Å². The van der Waals surface area contributed by atoms with Gasteiger partial charge in [0.1, 0.15) is 0 Å². The number of nitrogens with one attached hydrogen (secondary N) is 1. The summed E-state index contributed by atoms with van der Waals surface area (Å²) in [7, 11) is 6.60. The van der Waals surface area contributed by atoms with Crippen molar-refractivity contribution < 1.29 is 4.74 Å². The highest BCUT2D eigenvalue weighted by Gasteiger charge is 2.26. The average Bonchev–Trinajstić information content (AvgIpc) is 2.92. The summed E-state index contributed by atoms with van der Waals surface area (Å²) in [5.41, 5.74) is 0. The Morgan fingerprint density at radius 2 is 2.05 bits per heavy atom. The minimum absolute atomic E-state index is 0.582. The second kappa shape index (κ2) is 7.58. The molecule has 112 valence electrons. The van der Waals surface area contributed by atoms with E-state index in [1.54, 1.807) is 0 Å². The van der Waals surface area contributed by atoms with Crippen molar-refractivity contribution in [1.29, 1.82) is 0 Å². The lowest BCUT2D eigenvalue weighted by Gasteiger charge is -2.33. The van der Waals surface area contributed by atoms with Crippen LogP contribution >= 0.6 is 0 Å². The van der Waals surface area contributed by atoms with E-state index in [2.05, 4.69) is 36.3 Å². The average molecular weight is 269 g/mol. The Morgan fingerprint density at radius 3 is 2.63 bits per heavy atom. The number of hydrogen-bond donors (Lipinski definition) is 1. The largest absolute Gasteiger partial charge is 0.381 e. The quantitative estimate of drug-likeness (QED) is 0.775. The smallest absolute Gasteiger partial charge is 0.0510 e. The lowest BCUT2D eigenvalue weighted by atomic mass is 9.95. The van der Waals surface area contributed by atoms with Crippen molar-refractivity contribution in [3.05, 3.63) is 0 Å². The van der Waals surface area contributed by atoms with Gasteiger partial charge in [0.05, 0.1) is 6.61 Å². The molecule has 0 amide bonds. The van der Waals surface area contributed by atoms with Crippen LogP contribution in [-0.4, -0.2) is 76.4 Å². The van der Waals surface area contributed by atoms with Crippen molar-refractivity contribution in [2.75, 3.05) is 60.5 Å². The topological polar surface area (TPSA) is 27.7 Å². The highest BCUT2D eigenvalue weighted by Crippen LogP contribution is 2.20. The van der Waals surface area contributed by atoms with Crippen molar-refractivity contribution in [2.45, 2.75) is 25.3 Å². The van der Waals surface area contributed by atoms with Crippen LogP contribution in [0.4, 0.5) is 0 Å². The molecule has 2 aliphatic rings. The minimum atomic E-state index is 0.582. The van der Waals surface area contributed by atoms with Gasteiger partial charge in [-0.3, -0.25) is 0 Å². The van der Waals surface area contributed by atoms with E-state index in [0.717, 1.165) is 25.7 Å². The summed E-state index contributed by atoms with van der Waals surface area (Å²) in [6, 6.07) is 0.582. The van der Waals surface area contributed by atoms with Crippen molar-refractivity contribution in [2.24, 2.45) is 11.8 Å². The number of hydrogen-bond acceptors (Lipinski definition) is 4. The van der Waals surface area contributed by atoms with Gasteiger partial charge >= 0.3 is 0 Å². The SMILES string of the molecule is CNC(CN(C)CC1CCN(C)CC1)C1CCOC1. The molecule has 0 saturated carbocycles. The molecule has 0 radical (unpaired) electrons. The molecule has 0 aromatic rings. The number of likely N-dealkylation sites (N-methyl/N-ethyl adjacent to an activating group) is 2. The van der Waals surface area contributed by atoms with E-state index in [4.69, 9.17) is 4.74 Å². The summed E-state index contributed by atoms with van der Waals surface area (Å²) >= 11 is 0. The summed E-state index contributed by atoms with van der Waals surface area (Å²) in [5, 5.41) is 3.49. The Morgan fingerprint density at radius 1 is 1.32 bits per heavy atom. The van der Waals surface area contributed by atoms with Crippen LogP contribution in [0.15, 0.2) is 0 Å². The molecule has 4 heteroatoms. The first-order valence-electron chi connectivity index (χ1n) is 7.81. The standard InChI is InChI=1S/C15H31N3O/c1-16-15(14-6-9-19-12-14)11-18(3)10-13-4-7-17(2)8-5-13/h13-16H,4-12H2,1-3H3. The molecule has 1 N–H and O–H groups in total. The summed E-state index contributed by atoms with van der Waals surface area (Å²) in [5.74, 6) is 1.59. The molecule has 2 atom stereocenters. The molecule has 4 nitrogen and oxygen atoms in total. The van der Waals surface area contributed by atoms with E-state index in [-0.39, 0.29) is 0 Å². The van der Waals surface area contributed by atoms with E-state index in [0.29, 0.717) is 12.0 Å². The van der Waals surface area contributed by atoms with Gasteiger partial charge in [0.25, 0.3) is 0 Å². The van der Waals surface area contributed by atoms with Crippen molar-refractivity contribution in [1.82, 2.24) is 15.1 Å². The third-order valence-corrected chi connectivity index (χ3v) is 4.82. The molecule has 0 spiro atoms. The Hall–Kier alpha value is -0.160. The zero-order valence-electron chi connectivity index (χ0n) is 12.9. The van der Waals surface area contributed by atoms with Crippen LogP contribution in [0.2, 0.25) is 0 Å². The van der Waals surface area contributed by atoms with Crippen molar-refractivity contribution in [3.8, 4) is 0 Å². The predicted molar refractivity (Wildman–Crippen MR) is 79.5 cm³/mol. The highest BCUT2D eigenvalue weighted by atomic mass is 16.5. The Kier molecular flexibility index (Phi) is 6.07. The molecule has 2 heterocycles. The monoisotopic (exact) mass is 269 g/mol. The van der Waals surface area contributed by atoms with Crippen LogP contribution in [0.5, 0.6) is 0 Å². The van der Waals surface area contributed by atoms with Crippen molar-refractivity contribution in [3.63, 3.8) is 0 Å². The molecular weight excluding hydrogens is 238 g/mol. The van der Waals surface area contributed by atoms with Gasteiger partial charge in [-0.15, -0.1) is 0 Å². The minimum Gasteiger partial charge on any atom is -0.381 e. The first kappa shape index (κ1) is 15.2. The van der Waals surface area contributed by atoms with Gasteiger partial charge in [0.15, 0.2) is 0 Å². The van der Waals surface area contributed by atoms with Crippen LogP contribution in [0.3, 0.4) is 0 Å². The summed E-state index contributed by atoms with van der Waals surface area (Å²) in [4.78, 5) is 4.97. The van der Waals surface area contributed by atoms with Gasteiger partial charge in [0, 0.05) is 31.7 Å². The molecular formula is C15H31N3O. The predicted octanol–water partition coefficient (Wildman–Crippen LogP) is 0.885. The zero-order valence-corrected chi connectivity index (χ0v) is 12.9. The molecule has 0 aromatic carbocycles. The summed E-state index contributed by atoms with van der Waals surface area (Å²) in [6.07, 6.45) is 3.93. The van der Waals surface area contributed by atoms with Gasteiger partial charge in [-0.05, 0) is 59.4 Å². The van der Waals surface area contributed by atoms with E-state index in [1.165, 1.54) is 38.9 Å². The Balaban J connectivity index is 1.71. The summed E-state index contributed by atoms with van der Waals surface area (Å²) < 4.78 is 5.52. The first-order chi connectivity index (χ1) is 9.19. The Bertz CT molecular complexity index is 248. The van der Waals surface area contributed by atoms with Crippen LogP contribution in [0.25, 0.3) is 0 Å². The second-order valence-electron chi connectivity index (χ2n) is 6.49. The molecule has 2 fully saturated rings. The number of likely N-dealkylation sites (tertiary alicyclic amines) is 1.